The number of nitrogens with zero attached hydrogens (tertiary/aromatic N) is 2. The van der Waals surface area contributed by atoms with Gasteiger partial charge in [-0.2, -0.15) is 0 Å². The fourth-order valence-corrected chi connectivity index (χ4v) is 0.910. The van der Waals surface area contributed by atoms with Crippen LogP contribution in [0.3, 0.4) is 0 Å². The van der Waals surface area contributed by atoms with E-state index in [4.69, 9.17) is 0 Å². The molecule has 4 heteroatoms. The molecule has 1 heterocycles. The van der Waals surface area contributed by atoms with Gasteiger partial charge >= 0.3 is 0 Å². The Morgan fingerprint density at radius 2 is 1.50 bits per heavy atom. The van der Waals surface area contributed by atoms with Crippen molar-refractivity contribution in [3.05, 3.63) is 36.7 Å². The zero-order valence-corrected chi connectivity index (χ0v) is 7.84. The van der Waals surface area contributed by atoms with E-state index < -0.39 is 0 Å². The standard InChI is InChI=1S/C8H6N2.C2H5NO/c1-2-4-8-7(3-1)9-5-6-10-8;1-2(3)4/h1-6H;1H3,(H2,3,4). The van der Waals surface area contributed by atoms with Crippen LogP contribution in [-0.2, 0) is 4.79 Å². The van der Waals surface area contributed by atoms with E-state index in [1.165, 1.54) is 6.92 Å². The van der Waals surface area contributed by atoms with E-state index in [1.54, 1.807) is 12.4 Å². The smallest absolute Gasteiger partial charge is 0.214 e. The number of benzene rings is 1. The number of para-hydroxylation sites is 2. The number of nitrogens with two attached hydrogens (primary N) is 1. The highest BCUT2D eigenvalue weighted by Gasteiger charge is 1.88. The van der Waals surface area contributed by atoms with Gasteiger partial charge in [0.05, 0.1) is 11.0 Å². The van der Waals surface area contributed by atoms with E-state index in [0.717, 1.165) is 11.0 Å². The first kappa shape index (κ1) is 10.1. The molecule has 4 nitrogen and oxygen atoms in total. The number of carbonyl (C=O) groups excluding carboxylic acids is 1. The molecule has 1 amide bonds. The minimum absolute atomic E-state index is 0.333. The maximum Gasteiger partial charge on any atom is 0.214 e. The molecule has 1 aromatic carbocycles. The van der Waals surface area contributed by atoms with Crippen LogP contribution in [-0.4, -0.2) is 15.9 Å². The number of carbonyl (C=O) groups is 1. The number of hydrogen-bond donors (Lipinski definition) is 1. The third kappa shape index (κ3) is 3.18. The minimum atomic E-state index is -0.333. The molecule has 0 aliphatic rings. The molecule has 2 rings (SSSR count). The van der Waals surface area contributed by atoms with Crippen LogP contribution < -0.4 is 5.73 Å². The van der Waals surface area contributed by atoms with Gasteiger partial charge < -0.3 is 5.73 Å². The van der Waals surface area contributed by atoms with Gasteiger partial charge in [-0.05, 0) is 12.1 Å². The van der Waals surface area contributed by atoms with Crippen LogP contribution in [0.5, 0.6) is 0 Å². The average molecular weight is 189 g/mol. The van der Waals surface area contributed by atoms with Crippen LogP contribution >= 0.6 is 0 Å². The van der Waals surface area contributed by atoms with Gasteiger partial charge in [0.1, 0.15) is 0 Å². The Kier molecular flexibility index (Phi) is 3.55. The molecule has 72 valence electrons. The van der Waals surface area contributed by atoms with Crippen molar-refractivity contribution >= 4 is 16.9 Å². The zero-order valence-electron chi connectivity index (χ0n) is 7.84. The second kappa shape index (κ2) is 4.91. The van der Waals surface area contributed by atoms with E-state index in [1.807, 2.05) is 24.3 Å². The molecule has 0 bridgehead atoms. The Morgan fingerprint density at radius 1 is 1.14 bits per heavy atom. The van der Waals surface area contributed by atoms with Gasteiger partial charge in [-0.1, -0.05) is 12.1 Å². The SMILES string of the molecule is CC(N)=O.c1ccc2nccnc2c1. The van der Waals surface area contributed by atoms with Crippen molar-refractivity contribution in [2.24, 2.45) is 5.73 Å². The van der Waals surface area contributed by atoms with E-state index in [9.17, 15) is 4.79 Å². The summed E-state index contributed by atoms with van der Waals surface area (Å²) < 4.78 is 0. The normalized spacial score (nSPS) is 8.93. The second-order valence-corrected chi connectivity index (χ2v) is 2.66. The molecule has 0 saturated carbocycles. The lowest BCUT2D eigenvalue weighted by Crippen LogP contribution is -2.01. The van der Waals surface area contributed by atoms with Crippen LogP contribution in [0.15, 0.2) is 36.7 Å². The number of fused-ring (bicyclic) bond motifs is 1. The largest absolute Gasteiger partial charge is 0.370 e. The first-order chi connectivity index (χ1) is 6.70. The van der Waals surface area contributed by atoms with Gasteiger partial charge in [0, 0.05) is 19.3 Å². The number of amides is 1. The van der Waals surface area contributed by atoms with Crippen LogP contribution in [0.1, 0.15) is 6.92 Å². The Balaban J connectivity index is 0.000000213. The van der Waals surface area contributed by atoms with Crippen molar-refractivity contribution in [1.29, 1.82) is 0 Å². The molecule has 0 radical (unpaired) electrons. The van der Waals surface area contributed by atoms with Crippen LogP contribution in [0.2, 0.25) is 0 Å². The predicted octanol–water partition coefficient (Wildman–Crippen LogP) is 1.12. The Labute approximate surface area is 81.8 Å². The molecule has 2 aromatic rings. The quantitative estimate of drug-likeness (QED) is 0.675. The van der Waals surface area contributed by atoms with Crippen LogP contribution in [0.25, 0.3) is 11.0 Å². The molecule has 0 aliphatic heterocycles. The maximum absolute atomic E-state index is 9.22. The van der Waals surface area contributed by atoms with Crippen molar-refractivity contribution in [1.82, 2.24) is 9.97 Å². The van der Waals surface area contributed by atoms with Gasteiger partial charge in [0.2, 0.25) is 5.91 Å². The molecule has 0 atom stereocenters. The summed E-state index contributed by atoms with van der Waals surface area (Å²) in [6.07, 6.45) is 3.39. The van der Waals surface area contributed by atoms with Crippen molar-refractivity contribution in [2.45, 2.75) is 6.92 Å². The first-order valence-corrected chi connectivity index (χ1v) is 4.12. The Morgan fingerprint density at radius 3 is 1.86 bits per heavy atom. The molecule has 0 unspecified atom stereocenters. The highest BCUT2D eigenvalue weighted by molar-refractivity contribution is 5.73. The third-order valence-corrected chi connectivity index (χ3v) is 1.38. The fourth-order valence-electron chi connectivity index (χ4n) is 0.910. The Bertz CT molecular complexity index is 359. The summed E-state index contributed by atoms with van der Waals surface area (Å²) in [7, 11) is 0. The van der Waals surface area contributed by atoms with Gasteiger partial charge in [-0.15, -0.1) is 0 Å². The summed E-state index contributed by atoms with van der Waals surface area (Å²) in [6, 6.07) is 7.80. The van der Waals surface area contributed by atoms with Gasteiger partial charge in [-0.25, -0.2) is 0 Å². The van der Waals surface area contributed by atoms with E-state index in [0.29, 0.717) is 0 Å². The minimum Gasteiger partial charge on any atom is -0.370 e. The summed E-state index contributed by atoms with van der Waals surface area (Å²) in [5, 5.41) is 0. The summed E-state index contributed by atoms with van der Waals surface area (Å²) in [4.78, 5) is 17.5. The summed E-state index contributed by atoms with van der Waals surface area (Å²) in [5.41, 5.74) is 6.37. The van der Waals surface area contributed by atoms with Crippen molar-refractivity contribution < 1.29 is 4.79 Å². The molecule has 0 fully saturated rings. The molecule has 0 saturated heterocycles. The number of hydrogen-bond acceptors (Lipinski definition) is 3. The summed E-state index contributed by atoms with van der Waals surface area (Å²) in [6.45, 7) is 1.31. The lowest BCUT2D eigenvalue weighted by atomic mass is 10.3. The van der Waals surface area contributed by atoms with Gasteiger partial charge in [-0.3, -0.25) is 14.8 Å². The number of rotatable bonds is 0. The van der Waals surface area contributed by atoms with E-state index in [2.05, 4.69) is 15.7 Å². The highest BCUT2D eigenvalue weighted by Crippen LogP contribution is 2.04. The summed E-state index contributed by atoms with van der Waals surface area (Å²) in [5.74, 6) is -0.333. The molecule has 0 aliphatic carbocycles. The topological polar surface area (TPSA) is 68.9 Å². The second-order valence-electron chi connectivity index (χ2n) is 2.66. The molecule has 2 N–H and O–H groups in total. The van der Waals surface area contributed by atoms with Gasteiger partial charge in [0.15, 0.2) is 0 Å². The van der Waals surface area contributed by atoms with Crippen molar-refractivity contribution in [2.75, 3.05) is 0 Å². The monoisotopic (exact) mass is 189 g/mol. The lowest BCUT2D eigenvalue weighted by Gasteiger charge is -1.90. The highest BCUT2D eigenvalue weighted by atomic mass is 16.1. The fraction of sp³-hybridized carbons (Fsp3) is 0.100. The zero-order chi connectivity index (χ0) is 10.4. The molecule has 1 aromatic heterocycles. The number of aromatic nitrogens is 2. The molecule has 0 spiro atoms. The first-order valence-electron chi connectivity index (χ1n) is 4.12. The predicted molar refractivity (Wildman–Crippen MR) is 54.4 cm³/mol. The third-order valence-electron chi connectivity index (χ3n) is 1.38. The summed E-state index contributed by atoms with van der Waals surface area (Å²) >= 11 is 0. The van der Waals surface area contributed by atoms with Crippen LogP contribution in [0.4, 0.5) is 0 Å². The van der Waals surface area contributed by atoms with Crippen molar-refractivity contribution in [3.8, 4) is 0 Å². The molecular weight excluding hydrogens is 178 g/mol. The van der Waals surface area contributed by atoms with Crippen molar-refractivity contribution in [3.63, 3.8) is 0 Å². The molecular formula is C10H11N3O. The maximum atomic E-state index is 9.22. The lowest BCUT2D eigenvalue weighted by molar-refractivity contribution is -0.115. The Hall–Kier alpha value is -1.97. The van der Waals surface area contributed by atoms with Gasteiger partial charge in [0.25, 0.3) is 0 Å². The van der Waals surface area contributed by atoms with E-state index >= 15 is 0 Å². The average Bonchev–Trinajstić information content (AvgIpc) is 2.17. The molecule has 14 heavy (non-hydrogen) atoms. The van der Waals surface area contributed by atoms with Crippen LogP contribution in [0, 0.1) is 0 Å². The number of primary amides is 1. The van der Waals surface area contributed by atoms with E-state index in [-0.39, 0.29) is 5.91 Å².